The van der Waals surface area contributed by atoms with Gasteiger partial charge in [0.1, 0.15) is 5.15 Å². The summed E-state index contributed by atoms with van der Waals surface area (Å²) < 4.78 is 0. The van der Waals surface area contributed by atoms with Gasteiger partial charge in [-0.1, -0.05) is 11.6 Å². The Morgan fingerprint density at radius 2 is 2.38 bits per heavy atom. The summed E-state index contributed by atoms with van der Waals surface area (Å²) in [6.07, 6.45) is 1.65. The van der Waals surface area contributed by atoms with Crippen molar-refractivity contribution in [1.82, 2.24) is 9.97 Å². The molecule has 0 radical (unpaired) electrons. The van der Waals surface area contributed by atoms with Crippen LogP contribution in [-0.4, -0.2) is 21.0 Å². The molecule has 0 aliphatic rings. The first kappa shape index (κ1) is 8.07. The third-order valence-electron chi connectivity index (χ3n) is 1.71. The van der Waals surface area contributed by atoms with E-state index in [9.17, 15) is 4.79 Å². The Morgan fingerprint density at radius 3 is 3.08 bits per heavy atom. The third kappa shape index (κ3) is 1.25. The molecule has 2 aromatic heterocycles. The highest BCUT2D eigenvalue weighted by molar-refractivity contribution is 6.30. The minimum atomic E-state index is -1.09. The molecular formula is C8H5ClN2O2. The molecule has 0 aliphatic heterocycles. The Bertz CT molecular complexity index is 478. The summed E-state index contributed by atoms with van der Waals surface area (Å²) in [5, 5.41) is 9.72. The molecule has 0 aromatic carbocycles. The summed E-state index contributed by atoms with van der Waals surface area (Å²) in [6, 6.07) is 3.36. The average Bonchev–Trinajstić information content (AvgIpc) is 2.49. The number of halogens is 1. The van der Waals surface area contributed by atoms with Crippen LogP contribution in [0.2, 0.25) is 5.15 Å². The van der Waals surface area contributed by atoms with Gasteiger partial charge < -0.3 is 10.1 Å². The van der Waals surface area contributed by atoms with Crippen molar-refractivity contribution in [2.45, 2.75) is 0 Å². The lowest BCUT2D eigenvalue weighted by Crippen LogP contribution is -2.01. The maximum absolute atomic E-state index is 10.7. The first-order valence-electron chi connectivity index (χ1n) is 3.55. The Labute approximate surface area is 78.2 Å². The maximum Gasteiger partial charge on any atom is 0.356 e. The fraction of sp³-hybridized carbons (Fsp3) is 0. The summed E-state index contributed by atoms with van der Waals surface area (Å²) in [6.45, 7) is 0. The van der Waals surface area contributed by atoms with Crippen molar-refractivity contribution in [2.75, 3.05) is 0 Å². The van der Waals surface area contributed by atoms with Crippen LogP contribution in [0.3, 0.4) is 0 Å². The number of aromatic amines is 1. The molecule has 2 heterocycles. The molecule has 5 heteroatoms. The maximum atomic E-state index is 10.7. The normalized spacial score (nSPS) is 10.5. The predicted molar refractivity (Wildman–Crippen MR) is 48.1 cm³/mol. The zero-order chi connectivity index (χ0) is 9.42. The van der Waals surface area contributed by atoms with Crippen molar-refractivity contribution >= 4 is 28.5 Å². The molecule has 0 spiro atoms. The lowest BCUT2D eigenvalue weighted by molar-refractivity contribution is 0.0692. The van der Waals surface area contributed by atoms with Gasteiger partial charge in [-0.25, -0.2) is 9.78 Å². The standard InChI is InChI=1S/C8H5ClN2O2/c9-5-3-4-1-2-10-6(4)7(11-5)8(12)13/h1-3,10H,(H,12,13). The van der Waals surface area contributed by atoms with Crippen molar-refractivity contribution in [3.8, 4) is 0 Å². The number of aromatic nitrogens is 2. The number of carbonyl (C=O) groups is 1. The number of hydrogen-bond donors (Lipinski definition) is 2. The average molecular weight is 197 g/mol. The number of rotatable bonds is 1. The van der Waals surface area contributed by atoms with E-state index in [1.165, 1.54) is 0 Å². The van der Waals surface area contributed by atoms with Crippen molar-refractivity contribution < 1.29 is 9.90 Å². The lowest BCUT2D eigenvalue weighted by Gasteiger charge is -1.97. The minimum absolute atomic E-state index is 0.0486. The summed E-state index contributed by atoms with van der Waals surface area (Å²) in [5.74, 6) is -1.09. The first-order chi connectivity index (χ1) is 6.18. The van der Waals surface area contributed by atoms with Crippen LogP contribution in [0, 0.1) is 0 Å². The van der Waals surface area contributed by atoms with E-state index in [1.54, 1.807) is 18.3 Å². The zero-order valence-corrected chi connectivity index (χ0v) is 7.17. The van der Waals surface area contributed by atoms with Gasteiger partial charge in [0.25, 0.3) is 0 Å². The summed E-state index contributed by atoms with van der Waals surface area (Å²) >= 11 is 5.64. The van der Waals surface area contributed by atoms with Gasteiger partial charge in [0.2, 0.25) is 0 Å². The lowest BCUT2D eigenvalue weighted by atomic mass is 10.2. The van der Waals surface area contributed by atoms with Crippen molar-refractivity contribution in [3.63, 3.8) is 0 Å². The van der Waals surface area contributed by atoms with Crippen LogP contribution in [0.4, 0.5) is 0 Å². The highest BCUT2D eigenvalue weighted by atomic mass is 35.5. The number of fused-ring (bicyclic) bond motifs is 1. The molecule has 0 saturated heterocycles. The van der Waals surface area contributed by atoms with Gasteiger partial charge in [-0.05, 0) is 12.1 Å². The second-order valence-corrected chi connectivity index (χ2v) is 2.93. The van der Waals surface area contributed by atoms with Gasteiger partial charge in [-0.2, -0.15) is 0 Å². The molecule has 0 amide bonds. The smallest absolute Gasteiger partial charge is 0.356 e. The molecule has 0 saturated carbocycles. The molecular weight excluding hydrogens is 192 g/mol. The van der Waals surface area contributed by atoms with E-state index in [0.717, 1.165) is 5.39 Å². The third-order valence-corrected chi connectivity index (χ3v) is 1.91. The minimum Gasteiger partial charge on any atom is -0.476 e. The molecule has 0 fully saturated rings. The molecule has 66 valence electrons. The summed E-state index contributed by atoms with van der Waals surface area (Å²) in [4.78, 5) is 17.2. The molecule has 0 aliphatic carbocycles. The fourth-order valence-electron chi connectivity index (χ4n) is 1.18. The summed E-state index contributed by atoms with van der Waals surface area (Å²) in [7, 11) is 0. The molecule has 0 bridgehead atoms. The summed E-state index contributed by atoms with van der Waals surface area (Å²) in [5.41, 5.74) is 0.449. The molecule has 2 N–H and O–H groups in total. The van der Waals surface area contributed by atoms with Gasteiger partial charge >= 0.3 is 5.97 Å². The SMILES string of the molecule is O=C(O)c1nc(Cl)cc2cc[nH]c12. The number of hydrogen-bond acceptors (Lipinski definition) is 2. The second kappa shape index (κ2) is 2.74. The largest absolute Gasteiger partial charge is 0.476 e. The molecule has 4 nitrogen and oxygen atoms in total. The van der Waals surface area contributed by atoms with Gasteiger partial charge in [-0.15, -0.1) is 0 Å². The van der Waals surface area contributed by atoms with E-state index < -0.39 is 5.97 Å². The number of pyridine rings is 1. The topological polar surface area (TPSA) is 66.0 Å². The van der Waals surface area contributed by atoms with Crippen LogP contribution >= 0.6 is 11.6 Å². The fourth-order valence-corrected chi connectivity index (χ4v) is 1.39. The number of nitrogens with one attached hydrogen (secondary N) is 1. The number of carboxylic acid groups (broad SMARTS) is 1. The quantitative estimate of drug-likeness (QED) is 0.685. The molecule has 0 unspecified atom stereocenters. The van der Waals surface area contributed by atoms with E-state index in [-0.39, 0.29) is 10.8 Å². The van der Waals surface area contributed by atoms with Gasteiger partial charge in [0.15, 0.2) is 5.69 Å². The number of aromatic carboxylic acids is 1. The Balaban J connectivity index is 2.84. The van der Waals surface area contributed by atoms with Crippen LogP contribution in [0.1, 0.15) is 10.5 Å². The van der Waals surface area contributed by atoms with E-state index in [0.29, 0.717) is 5.52 Å². The molecule has 2 aromatic rings. The van der Waals surface area contributed by atoms with E-state index in [1.807, 2.05) is 0 Å². The van der Waals surface area contributed by atoms with Crippen LogP contribution in [-0.2, 0) is 0 Å². The zero-order valence-electron chi connectivity index (χ0n) is 6.41. The van der Waals surface area contributed by atoms with Crippen LogP contribution < -0.4 is 0 Å². The van der Waals surface area contributed by atoms with Crippen molar-refractivity contribution in [1.29, 1.82) is 0 Å². The van der Waals surface area contributed by atoms with Crippen LogP contribution in [0.5, 0.6) is 0 Å². The van der Waals surface area contributed by atoms with Crippen molar-refractivity contribution in [2.24, 2.45) is 0 Å². The second-order valence-electron chi connectivity index (χ2n) is 2.54. The van der Waals surface area contributed by atoms with Crippen LogP contribution in [0.15, 0.2) is 18.3 Å². The Kier molecular flexibility index (Phi) is 1.70. The van der Waals surface area contributed by atoms with E-state index in [4.69, 9.17) is 16.7 Å². The predicted octanol–water partition coefficient (Wildman–Crippen LogP) is 1.91. The molecule has 0 atom stereocenters. The highest BCUT2D eigenvalue weighted by Gasteiger charge is 2.12. The van der Waals surface area contributed by atoms with Crippen molar-refractivity contribution in [3.05, 3.63) is 29.2 Å². The number of nitrogens with zero attached hydrogens (tertiary/aromatic N) is 1. The number of H-pyrrole nitrogens is 1. The van der Waals surface area contributed by atoms with E-state index in [2.05, 4.69) is 9.97 Å². The monoisotopic (exact) mass is 196 g/mol. The number of carboxylic acids is 1. The highest BCUT2D eigenvalue weighted by Crippen LogP contribution is 2.19. The van der Waals surface area contributed by atoms with Gasteiger partial charge in [-0.3, -0.25) is 0 Å². The first-order valence-corrected chi connectivity index (χ1v) is 3.93. The van der Waals surface area contributed by atoms with Crippen LogP contribution in [0.25, 0.3) is 10.9 Å². The van der Waals surface area contributed by atoms with Gasteiger partial charge in [0, 0.05) is 11.6 Å². The van der Waals surface area contributed by atoms with Gasteiger partial charge in [0.05, 0.1) is 5.52 Å². The Hall–Kier alpha value is -1.55. The Morgan fingerprint density at radius 1 is 1.62 bits per heavy atom. The molecule has 13 heavy (non-hydrogen) atoms. The van der Waals surface area contributed by atoms with E-state index >= 15 is 0 Å². The molecule has 2 rings (SSSR count).